The van der Waals surface area contributed by atoms with E-state index in [-0.39, 0.29) is 6.04 Å². The van der Waals surface area contributed by atoms with E-state index < -0.39 is 0 Å². The molecule has 0 saturated heterocycles. The third-order valence-corrected chi connectivity index (χ3v) is 3.75. The Labute approximate surface area is 125 Å². The van der Waals surface area contributed by atoms with E-state index in [2.05, 4.69) is 66.8 Å². The van der Waals surface area contributed by atoms with Gasteiger partial charge in [-0.2, -0.15) is 0 Å². The van der Waals surface area contributed by atoms with Crippen LogP contribution in [0.2, 0.25) is 0 Å². The van der Waals surface area contributed by atoms with Crippen molar-refractivity contribution in [3.8, 4) is 5.75 Å². The van der Waals surface area contributed by atoms with Gasteiger partial charge in [0.05, 0.1) is 7.11 Å². The molecule has 1 unspecified atom stereocenters. The van der Waals surface area contributed by atoms with Crippen LogP contribution in [0.15, 0.2) is 66.7 Å². The third-order valence-electron chi connectivity index (χ3n) is 3.75. The summed E-state index contributed by atoms with van der Waals surface area (Å²) in [5.41, 5.74) is 2.38. The summed E-state index contributed by atoms with van der Waals surface area (Å²) in [4.78, 5) is 0. The fourth-order valence-electron chi connectivity index (χ4n) is 2.51. The van der Waals surface area contributed by atoms with E-state index in [1.807, 2.05) is 12.1 Å². The van der Waals surface area contributed by atoms with Gasteiger partial charge in [-0.25, -0.2) is 0 Å². The number of hydrogen-bond donors (Lipinski definition) is 1. The highest BCUT2D eigenvalue weighted by Gasteiger charge is 2.06. The predicted molar refractivity (Wildman–Crippen MR) is 89.0 cm³/mol. The smallest absolute Gasteiger partial charge is 0.118 e. The van der Waals surface area contributed by atoms with Crippen LogP contribution < -0.4 is 10.1 Å². The van der Waals surface area contributed by atoms with Crippen LogP contribution >= 0.6 is 0 Å². The van der Waals surface area contributed by atoms with Crippen LogP contribution in [0.25, 0.3) is 10.8 Å². The van der Waals surface area contributed by atoms with Gasteiger partial charge in [0.1, 0.15) is 5.75 Å². The molecule has 1 N–H and O–H groups in total. The maximum absolute atomic E-state index is 5.19. The van der Waals surface area contributed by atoms with Crippen LogP contribution in [-0.4, -0.2) is 7.11 Å². The average molecular weight is 277 g/mol. The summed E-state index contributed by atoms with van der Waals surface area (Å²) < 4.78 is 5.19. The van der Waals surface area contributed by atoms with E-state index in [1.165, 1.54) is 16.3 Å². The second-order valence-electron chi connectivity index (χ2n) is 5.20. The number of benzene rings is 3. The zero-order valence-corrected chi connectivity index (χ0v) is 12.3. The first-order valence-corrected chi connectivity index (χ1v) is 7.15. The van der Waals surface area contributed by atoms with E-state index in [1.54, 1.807) is 7.11 Å². The lowest BCUT2D eigenvalue weighted by atomic mass is 10.1. The molecule has 1 atom stereocenters. The number of anilines is 1. The standard InChI is InChI=1S/C19H19NO/c1-14(15-8-11-19(21-2)12-9-15)20-18-10-7-16-5-3-4-6-17(16)13-18/h3-14,20H,1-2H3. The van der Waals surface area contributed by atoms with Crippen LogP contribution in [0, 0.1) is 0 Å². The Morgan fingerprint density at radius 3 is 2.29 bits per heavy atom. The first kappa shape index (κ1) is 13.5. The fourth-order valence-corrected chi connectivity index (χ4v) is 2.51. The summed E-state index contributed by atoms with van der Waals surface area (Å²) in [6.45, 7) is 2.16. The van der Waals surface area contributed by atoms with Crippen LogP contribution in [0.1, 0.15) is 18.5 Å². The Morgan fingerprint density at radius 2 is 1.57 bits per heavy atom. The number of ether oxygens (including phenoxy) is 1. The van der Waals surface area contributed by atoms with Gasteiger partial charge in [0.25, 0.3) is 0 Å². The molecule has 2 nitrogen and oxygen atoms in total. The summed E-state index contributed by atoms with van der Waals surface area (Å²) >= 11 is 0. The summed E-state index contributed by atoms with van der Waals surface area (Å²) in [6.07, 6.45) is 0. The van der Waals surface area contributed by atoms with E-state index in [0.29, 0.717) is 0 Å². The SMILES string of the molecule is COc1ccc(C(C)Nc2ccc3ccccc3c2)cc1. The van der Waals surface area contributed by atoms with Gasteiger partial charge in [0.15, 0.2) is 0 Å². The molecule has 2 heteroatoms. The largest absolute Gasteiger partial charge is 0.497 e. The summed E-state index contributed by atoms with van der Waals surface area (Å²) in [6, 6.07) is 23.3. The average Bonchev–Trinajstić information content (AvgIpc) is 2.55. The molecule has 106 valence electrons. The molecule has 0 aliphatic carbocycles. The van der Waals surface area contributed by atoms with Gasteiger partial charge >= 0.3 is 0 Å². The molecular formula is C19H19NO. The number of methoxy groups -OCH3 is 1. The lowest BCUT2D eigenvalue weighted by molar-refractivity contribution is 0.414. The molecule has 21 heavy (non-hydrogen) atoms. The zero-order valence-electron chi connectivity index (χ0n) is 12.3. The van der Waals surface area contributed by atoms with E-state index in [9.17, 15) is 0 Å². The molecule has 0 radical (unpaired) electrons. The van der Waals surface area contributed by atoms with Crippen molar-refractivity contribution in [1.29, 1.82) is 0 Å². The Morgan fingerprint density at radius 1 is 0.857 bits per heavy atom. The van der Waals surface area contributed by atoms with Gasteiger partial charge in [0.2, 0.25) is 0 Å². The second kappa shape index (κ2) is 5.88. The van der Waals surface area contributed by atoms with E-state index >= 15 is 0 Å². The maximum atomic E-state index is 5.19. The van der Waals surface area contributed by atoms with Gasteiger partial charge in [-0.15, -0.1) is 0 Å². The molecule has 3 aromatic rings. The number of fused-ring (bicyclic) bond motifs is 1. The first-order valence-electron chi connectivity index (χ1n) is 7.15. The summed E-state index contributed by atoms with van der Waals surface area (Å²) in [5, 5.41) is 6.07. The minimum Gasteiger partial charge on any atom is -0.497 e. The van der Waals surface area contributed by atoms with Crippen molar-refractivity contribution in [2.45, 2.75) is 13.0 Å². The number of hydrogen-bond acceptors (Lipinski definition) is 2. The monoisotopic (exact) mass is 277 g/mol. The summed E-state index contributed by atoms with van der Waals surface area (Å²) in [5.74, 6) is 0.886. The highest BCUT2D eigenvalue weighted by Crippen LogP contribution is 2.24. The lowest BCUT2D eigenvalue weighted by Gasteiger charge is -2.16. The first-order chi connectivity index (χ1) is 10.3. The van der Waals surface area contributed by atoms with E-state index in [0.717, 1.165) is 11.4 Å². The minimum absolute atomic E-state index is 0.247. The van der Waals surface area contributed by atoms with Gasteiger partial charge in [0, 0.05) is 11.7 Å². The molecule has 0 aliphatic heterocycles. The Bertz CT molecular complexity index is 734. The second-order valence-corrected chi connectivity index (χ2v) is 5.20. The quantitative estimate of drug-likeness (QED) is 0.723. The summed E-state index contributed by atoms with van der Waals surface area (Å²) in [7, 11) is 1.69. The van der Waals surface area contributed by atoms with E-state index in [4.69, 9.17) is 4.74 Å². The third kappa shape index (κ3) is 3.00. The van der Waals surface area contributed by atoms with Crippen molar-refractivity contribution in [3.05, 3.63) is 72.3 Å². The van der Waals surface area contributed by atoms with Crippen molar-refractivity contribution in [1.82, 2.24) is 0 Å². The zero-order chi connectivity index (χ0) is 14.7. The Balaban J connectivity index is 1.79. The van der Waals surface area contributed by atoms with Crippen molar-refractivity contribution in [3.63, 3.8) is 0 Å². The van der Waals surface area contributed by atoms with Gasteiger partial charge in [-0.3, -0.25) is 0 Å². The fraction of sp³-hybridized carbons (Fsp3) is 0.158. The van der Waals surface area contributed by atoms with Crippen LogP contribution in [-0.2, 0) is 0 Å². The molecular weight excluding hydrogens is 258 g/mol. The minimum atomic E-state index is 0.247. The number of nitrogens with one attached hydrogen (secondary N) is 1. The Kier molecular flexibility index (Phi) is 3.78. The van der Waals surface area contributed by atoms with Gasteiger partial charge in [-0.05, 0) is 47.5 Å². The van der Waals surface area contributed by atoms with Gasteiger partial charge in [-0.1, -0.05) is 42.5 Å². The molecule has 0 fully saturated rings. The maximum Gasteiger partial charge on any atom is 0.118 e. The van der Waals surface area contributed by atoms with Crippen molar-refractivity contribution < 1.29 is 4.74 Å². The molecule has 0 aliphatic rings. The van der Waals surface area contributed by atoms with Crippen LogP contribution in [0.5, 0.6) is 5.75 Å². The van der Waals surface area contributed by atoms with Crippen LogP contribution in [0.4, 0.5) is 5.69 Å². The lowest BCUT2D eigenvalue weighted by Crippen LogP contribution is -2.06. The van der Waals surface area contributed by atoms with Gasteiger partial charge < -0.3 is 10.1 Å². The highest BCUT2D eigenvalue weighted by atomic mass is 16.5. The van der Waals surface area contributed by atoms with Crippen molar-refractivity contribution in [2.24, 2.45) is 0 Å². The Hall–Kier alpha value is -2.48. The molecule has 0 heterocycles. The van der Waals surface area contributed by atoms with Crippen LogP contribution in [0.3, 0.4) is 0 Å². The predicted octanol–water partition coefficient (Wildman–Crippen LogP) is 5.02. The molecule has 3 aromatic carbocycles. The molecule has 0 bridgehead atoms. The molecule has 3 rings (SSSR count). The van der Waals surface area contributed by atoms with Crippen molar-refractivity contribution in [2.75, 3.05) is 12.4 Å². The molecule has 0 amide bonds. The molecule has 0 saturated carbocycles. The molecule has 0 aromatic heterocycles. The van der Waals surface area contributed by atoms with Crippen molar-refractivity contribution >= 4 is 16.5 Å². The highest BCUT2D eigenvalue weighted by molar-refractivity contribution is 5.85. The topological polar surface area (TPSA) is 21.3 Å². The molecule has 0 spiro atoms. The number of rotatable bonds is 4. The normalized spacial score (nSPS) is 12.1.